The summed E-state index contributed by atoms with van der Waals surface area (Å²) in [6.07, 6.45) is 4.22. The largest absolute Gasteiger partial charge is 0.497 e. The Bertz CT molecular complexity index is 1110. The van der Waals surface area contributed by atoms with Gasteiger partial charge < -0.3 is 14.8 Å². The highest BCUT2D eigenvalue weighted by atomic mass is 16.5. The Morgan fingerprint density at radius 2 is 2.00 bits per heavy atom. The van der Waals surface area contributed by atoms with Crippen LogP contribution in [0.15, 0.2) is 24.4 Å². The van der Waals surface area contributed by atoms with Gasteiger partial charge in [-0.05, 0) is 12.8 Å². The van der Waals surface area contributed by atoms with Gasteiger partial charge in [-0.15, -0.1) is 0 Å². The van der Waals surface area contributed by atoms with Crippen LogP contribution in [0.4, 0.5) is 11.6 Å². The second kappa shape index (κ2) is 5.62. The number of hydrogen-bond donors (Lipinski definition) is 3. The molecule has 0 radical (unpaired) electrons. The summed E-state index contributed by atoms with van der Waals surface area (Å²) in [6.45, 7) is 0. The maximum Gasteiger partial charge on any atom is 0.158 e. The van der Waals surface area contributed by atoms with Crippen LogP contribution in [-0.4, -0.2) is 39.6 Å². The summed E-state index contributed by atoms with van der Waals surface area (Å²) in [5.74, 6) is 3.40. The standard InChI is InChI=1S/C18H18N6O2/c1-25-10-5-13-16(14(6-10)26-2)11-8-19-24-17(11)18(20-13)21-15-7-12(22-23-15)9-3-4-9/h5-9H,3-4H2,1-2H3,(H,19,24)(H2,20,21,22,23). The number of rotatable bonds is 5. The molecule has 0 aliphatic heterocycles. The van der Waals surface area contributed by atoms with Crippen molar-refractivity contribution < 1.29 is 9.47 Å². The summed E-state index contributed by atoms with van der Waals surface area (Å²) in [6, 6.07) is 5.77. The molecule has 3 aromatic heterocycles. The SMILES string of the molecule is COc1cc(OC)c2c(c1)nc(Nc1cc(C3CC3)[nH]n1)c1[nH]ncc12. The third-order valence-electron chi connectivity index (χ3n) is 4.75. The average molecular weight is 350 g/mol. The molecule has 0 amide bonds. The summed E-state index contributed by atoms with van der Waals surface area (Å²) in [4.78, 5) is 4.76. The molecule has 132 valence electrons. The molecule has 1 aliphatic carbocycles. The number of anilines is 2. The van der Waals surface area contributed by atoms with Gasteiger partial charge in [0.15, 0.2) is 11.6 Å². The summed E-state index contributed by atoms with van der Waals surface area (Å²) >= 11 is 0. The highest BCUT2D eigenvalue weighted by Crippen LogP contribution is 2.40. The summed E-state index contributed by atoms with van der Waals surface area (Å²) < 4.78 is 10.9. The zero-order valence-corrected chi connectivity index (χ0v) is 14.5. The predicted molar refractivity (Wildman–Crippen MR) is 98.3 cm³/mol. The predicted octanol–water partition coefficient (Wildman–Crippen LogP) is 3.47. The van der Waals surface area contributed by atoms with Gasteiger partial charge in [0.2, 0.25) is 0 Å². The number of ether oxygens (including phenoxy) is 2. The van der Waals surface area contributed by atoms with E-state index in [0.29, 0.717) is 23.2 Å². The second-order valence-electron chi connectivity index (χ2n) is 6.45. The van der Waals surface area contributed by atoms with Crippen LogP contribution in [-0.2, 0) is 0 Å². The van der Waals surface area contributed by atoms with E-state index in [0.717, 1.165) is 33.3 Å². The molecule has 8 heteroatoms. The van der Waals surface area contributed by atoms with Crippen molar-refractivity contribution in [2.24, 2.45) is 0 Å². The van der Waals surface area contributed by atoms with Gasteiger partial charge in [0.05, 0.1) is 31.3 Å². The maximum absolute atomic E-state index is 5.54. The molecule has 1 aliphatic rings. The first-order valence-corrected chi connectivity index (χ1v) is 8.48. The van der Waals surface area contributed by atoms with Gasteiger partial charge in [-0.25, -0.2) is 4.98 Å². The van der Waals surface area contributed by atoms with E-state index in [9.17, 15) is 0 Å². The van der Waals surface area contributed by atoms with Crippen LogP contribution in [0, 0.1) is 0 Å². The Labute approximate surface area is 148 Å². The molecular formula is C18H18N6O2. The molecule has 8 nitrogen and oxygen atoms in total. The molecule has 3 N–H and O–H groups in total. The molecule has 1 saturated carbocycles. The van der Waals surface area contributed by atoms with Gasteiger partial charge in [-0.2, -0.15) is 10.2 Å². The fourth-order valence-corrected chi connectivity index (χ4v) is 3.26. The minimum absolute atomic E-state index is 0.614. The summed E-state index contributed by atoms with van der Waals surface area (Å²) in [7, 11) is 3.26. The highest BCUT2D eigenvalue weighted by Gasteiger charge is 2.25. The van der Waals surface area contributed by atoms with Crippen molar-refractivity contribution in [2.45, 2.75) is 18.8 Å². The van der Waals surface area contributed by atoms with Crippen molar-refractivity contribution >= 4 is 33.4 Å². The first kappa shape index (κ1) is 15.0. The molecule has 0 atom stereocenters. The van der Waals surface area contributed by atoms with Crippen molar-refractivity contribution in [3.63, 3.8) is 0 Å². The van der Waals surface area contributed by atoms with Crippen LogP contribution < -0.4 is 14.8 Å². The first-order chi connectivity index (χ1) is 12.8. The molecule has 0 saturated heterocycles. The Kier molecular flexibility index (Phi) is 3.24. The number of aromatic nitrogens is 5. The number of nitrogens with zero attached hydrogens (tertiary/aromatic N) is 3. The lowest BCUT2D eigenvalue weighted by atomic mass is 10.1. The topological polar surface area (TPSA) is 101 Å². The van der Waals surface area contributed by atoms with Crippen molar-refractivity contribution in [1.29, 1.82) is 0 Å². The lowest BCUT2D eigenvalue weighted by Crippen LogP contribution is -1.98. The third-order valence-corrected chi connectivity index (χ3v) is 4.75. The van der Waals surface area contributed by atoms with Crippen LogP contribution in [0.25, 0.3) is 21.8 Å². The number of H-pyrrole nitrogens is 2. The van der Waals surface area contributed by atoms with Gasteiger partial charge in [0.1, 0.15) is 17.0 Å². The fraction of sp³-hybridized carbons (Fsp3) is 0.278. The number of hydrogen-bond acceptors (Lipinski definition) is 6. The third kappa shape index (κ3) is 2.33. The zero-order valence-electron chi connectivity index (χ0n) is 14.5. The normalized spacial score (nSPS) is 14.1. The molecule has 1 fully saturated rings. The molecule has 0 spiro atoms. The number of methoxy groups -OCH3 is 2. The van der Waals surface area contributed by atoms with E-state index in [2.05, 4.69) is 25.7 Å². The molecule has 3 heterocycles. The second-order valence-corrected chi connectivity index (χ2v) is 6.45. The van der Waals surface area contributed by atoms with Gasteiger partial charge in [0, 0.05) is 35.2 Å². The maximum atomic E-state index is 5.54. The Balaban J connectivity index is 1.66. The van der Waals surface area contributed by atoms with E-state index in [1.165, 1.54) is 12.8 Å². The molecule has 26 heavy (non-hydrogen) atoms. The van der Waals surface area contributed by atoms with Crippen molar-refractivity contribution in [3.8, 4) is 11.5 Å². The van der Waals surface area contributed by atoms with E-state index >= 15 is 0 Å². The van der Waals surface area contributed by atoms with Gasteiger partial charge in [-0.1, -0.05) is 0 Å². The van der Waals surface area contributed by atoms with E-state index < -0.39 is 0 Å². The first-order valence-electron chi connectivity index (χ1n) is 8.48. The van der Waals surface area contributed by atoms with Crippen molar-refractivity contribution in [1.82, 2.24) is 25.4 Å². The number of benzene rings is 1. The Hall–Kier alpha value is -3.29. The number of pyridine rings is 1. The number of aromatic amines is 2. The van der Waals surface area contributed by atoms with Crippen LogP contribution in [0.5, 0.6) is 11.5 Å². The van der Waals surface area contributed by atoms with E-state index in [-0.39, 0.29) is 0 Å². The highest BCUT2D eigenvalue weighted by molar-refractivity contribution is 6.11. The Morgan fingerprint density at radius 1 is 1.12 bits per heavy atom. The van der Waals surface area contributed by atoms with E-state index in [1.54, 1.807) is 20.4 Å². The van der Waals surface area contributed by atoms with E-state index in [1.807, 2.05) is 18.2 Å². The van der Waals surface area contributed by atoms with Crippen LogP contribution in [0.2, 0.25) is 0 Å². The van der Waals surface area contributed by atoms with Crippen molar-refractivity contribution in [3.05, 3.63) is 30.1 Å². The lowest BCUT2D eigenvalue weighted by Gasteiger charge is -2.11. The smallest absolute Gasteiger partial charge is 0.158 e. The van der Waals surface area contributed by atoms with E-state index in [4.69, 9.17) is 14.5 Å². The Morgan fingerprint density at radius 3 is 2.77 bits per heavy atom. The average Bonchev–Trinajstić information content (AvgIpc) is 3.20. The van der Waals surface area contributed by atoms with Crippen molar-refractivity contribution in [2.75, 3.05) is 19.5 Å². The molecule has 1 aromatic carbocycles. The minimum atomic E-state index is 0.614. The molecule has 5 rings (SSSR count). The number of nitrogens with one attached hydrogen (secondary N) is 3. The van der Waals surface area contributed by atoms with Gasteiger partial charge in [0.25, 0.3) is 0 Å². The molecular weight excluding hydrogens is 332 g/mol. The monoisotopic (exact) mass is 350 g/mol. The summed E-state index contributed by atoms with van der Waals surface area (Å²) in [5, 5.41) is 19.8. The summed E-state index contributed by atoms with van der Waals surface area (Å²) in [5.41, 5.74) is 2.73. The van der Waals surface area contributed by atoms with Crippen LogP contribution in [0.3, 0.4) is 0 Å². The quantitative estimate of drug-likeness (QED) is 0.509. The molecule has 0 unspecified atom stereocenters. The number of fused-ring (bicyclic) bond motifs is 3. The minimum Gasteiger partial charge on any atom is -0.497 e. The van der Waals surface area contributed by atoms with Crippen LogP contribution >= 0.6 is 0 Å². The fourth-order valence-electron chi connectivity index (χ4n) is 3.26. The molecule has 0 bridgehead atoms. The van der Waals surface area contributed by atoms with Crippen LogP contribution in [0.1, 0.15) is 24.5 Å². The zero-order chi connectivity index (χ0) is 17.7. The lowest BCUT2D eigenvalue weighted by molar-refractivity contribution is 0.398. The molecule has 4 aromatic rings. The van der Waals surface area contributed by atoms with Gasteiger partial charge >= 0.3 is 0 Å². The van der Waals surface area contributed by atoms with Gasteiger partial charge in [-0.3, -0.25) is 10.2 Å².